The van der Waals surface area contributed by atoms with Crippen LogP contribution < -0.4 is 10.1 Å². The fourth-order valence-corrected chi connectivity index (χ4v) is 2.83. The lowest BCUT2D eigenvalue weighted by molar-refractivity contribution is -0.132. The number of ether oxygens (including phenoxy) is 1. The Morgan fingerprint density at radius 1 is 1.16 bits per heavy atom. The molecule has 138 valence electrons. The van der Waals surface area contributed by atoms with E-state index < -0.39 is 0 Å². The molecule has 0 spiro atoms. The van der Waals surface area contributed by atoms with E-state index in [1.54, 1.807) is 0 Å². The maximum absolute atomic E-state index is 12.5. The van der Waals surface area contributed by atoms with Gasteiger partial charge in [0.2, 0.25) is 11.8 Å². The summed E-state index contributed by atoms with van der Waals surface area (Å²) in [5.74, 6) is 1.05. The Morgan fingerprint density at radius 2 is 1.76 bits per heavy atom. The first kappa shape index (κ1) is 19.3. The predicted molar refractivity (Wildman–Crippen MR) is 98.5 cm³/mol. The molecule has 1 aromatic carbocycles. The van der Waals surface area contributed by atoms with E-state index in [1.807, 2.05) is 56.9 Å². The van der Waals surface area contributed by atoms with Gasteiger partial charge in [-0.25, -0.2) is 0 Å². The van der Waals surface area contributed by atoms with E-state index in [-0.39, 0.29) is 23.3 Å². The predicted octanol–water partition coefficient (Wildman–Crippen LogP) is 2.78. The number of benzene rings is 1. The summed E-state index contributed by atoms with van der Waals surface area (Å²) in [6, 6.07) is 7.86. The molecule has 0 unspecified atom stereocenters. The summed E-state index contributed by atoms with van der Waals surface area (Å²) in [4.78, 5) is 26.4. The van der Waals surface area contributed by atoms with Gasteiger partial charge in [-0.3, -0.25) is 9.59 Å². The smallest absolute Gasteiger partial charge is 0.226 e. The lowest BCUT2D eigenvalue weighted by Gasteiger charge is -2.33. The SMILES string of the molecule is CCOc1ccc(CC(=O)N2CCC(NC(=O)C(C)(C)C)CC2)cc1. The van der Waals surface area contributed by atoms with E-state index in [2.05, 4.69) is 5.32 Å². The van der Waals surface area contributed by atoms with Crippen LogP contribution in [-0.4, -0.2) is 42.5 Å². The van der Waals surface area contributed by atoms with Crippen molar-refractivity contribution in [1.29, 1.82) is 0 Å². The zero-order valence-electron chi connectivity index (χ0n) is 15.8. The van der Waals surface area contributed by atoms with Gasteiger partial charge in [-0.1, -0.05) is 32.9 Å². The first-order valence-electron chi connectivity index (χ1n) is 9.10. The molecule has 0 saturated carbocycles. The number of piperidine rings is 1. The topological polar surface area (TPSA) is 58.6 Å². The van der Waals surface area contributed by atoms with Crippen molar-refractivity contribution in [3.8, 4) is 5.75 Å². The molecule has 1 aromatic rings. The van der Waals surface area contributed by atoms with Crippen LogP contribution >= 0.6 is 0 Å². The third kappa shape index (κ3) is 5.76. The van der Waals surface area contributed by atoms with Crippen LogP contribution in [0.2, 0.25) is 0 Å². The highest BCUT2D eigenvalue weighted by Gasteiger charge is 2.27. The number of amides is 2. The van der Waals surface area contributed by atoms with E-state index in [0.29, 0.717) is 26.1 Å². The molecule has 0 radical (unpaired) electrons. The number of hydrogen-bond donors (Lipinski definition) is 1. The minimum absolute atomic E-state index is 0.0756. The molecule has 25 heavy (non-hydrogen) atoms. The number of rotatable bonds is 5. The molecular formula is C20H30N2O3. The van der Waals surface area contributed by atoms with Gasteiger partial charge < -0.3 is 15.0 Å². The highest BCUT2D eigenvalue weighted by Crippen LogP contribution is 2.18. The average molecular weight is 346 g/mol. The Morgan fingerprint density at radius 3 is 2.28 bits per heavy atom. The second kappa shape index (κ2) is 8.37. The Kier molecular flexibility index (Phi) is 6.45. The number of nitrogens with one attached hydrogen (secondary N) is 1. The van der Waals surface area contributed by atoms with Gasteiger partial charge in [0.15, 0.2) is 0 Å². The number of nitrogens with zero attached hydrogens (tertiary/aromatic N) is 1. The van der Waals surface area contributed by atoms with Gasteiger partial charge in [-0.05, 0) is 37.5 Å². The zero-order chi connectivity index (χ0) is 18.4. The van der Waals surface area contributed by atoms with Crippen molar-refractivity contribution < 1.29 is 14.3 Å². The van der Waals surface area contributed by atoms with Crippen molar-refractivity contribution in [1.82, 2.24) is 10.2 Å². The Hall–Kier alpha value is -2.04. The second-order valence-corrected chi connectivity index (χ2v) is 7.63. The first-order chi connectivity index (χ1) is 11.8. The Labute approximate surface area is 150 Å². The quantitative estimate of drug-likeness (QED) is 0.892. The fraction of sp³-hybridized carbons (Fsp3) is 0.600. The summed E-state index contributed by atoms with van der Waals surface area (Å²) >= 11 is 0. The molecule has 1 aliphatic heterocycles. The van der Waals surface area contributed by atoms with Crippen LogP contribution in [0.4, 0.5) is 0 Å². The first-order valence-corrected chi connectivity index (χ1v) is 9.10. The Balaban J connectivity index is 1.80. The van der Waals surface area contributed by atoms with Gasteiger partial charge in [0.25, 0.3) is 0 Å². The zero-order valence-corrected chi connectivity index (χ0v) is 15.8. The number of likely N-dealkylation sites (tertiary alicyclic amines) is 1. The van der Waals surface area contributed by atoms with Crippen molar-refractivity contribution in [3.63, 3.8) is 0 Å². The van der Waals surface area contributed by atoms with E-state index in [0.717, 1.165) is 24.2 Å². The third-order valence-corrected chi connectivity index (χ3v) is 4.45. The van der Waals surface area contributed by atoms with Crippen LogP contribution in [0.1, 0.15) is 46.1 Å². The molecule has 1 fully saturated rings. The molecule has 0 atom stereocenters. The van der Waals surface area contributed by atoms with Gasteiger partial charge in [0.05, 0.1) is 13.0 Å². The summed E-state index contributed by atoms with van der Waals surface area (Å²) in [6.07, 6.45) is 2.04. The van der Waals surface area contributed by atoms with Crippen LogP contribution in [-0.2, 0) is 16.0 Å². The number of hydrogen-bond acceptors (Lipinski definition) is 3. The molecule has 1 saturated heterocycles. The molecule has 2 rings (SSSR count). The van der Waals surface area contributed by atoms with Crippen molar-refractivity contribution >= 4 is 11.8 Å². The summed E-state index contributed by atoms with van der Waals surface area (Å²) in [7, 11) is 0. The minimum atomic E-state index is -0.374. The van der Waals surface area contributed by atoms with Crippen molar-refractivity contribution in [2.75, 3.05) is 19.7 Å². The number of carbonyl (C=O) groups excluding carboxylic acids is 2. The van der Waals surface area contributed by atoms with Gasteiger partial charge in [-0.2, -0.15) is 0 Å². The van der Waals surface area contributed by atoms with Gasteiger partial charge >= 0.3 is 0 Å². The largest absolute Gasteiger partial charge is 0.494 e. The molecule has 5 nitrogen and oxygen atoms in total. The van der Waals surface area contributed by atoms with Crippen molar-refractivity contribution in [2.24, 2.45) is 5.41 Å². The molecule has 0 bridgehead atoms. The molecule has 5 heteroatoms. The van der Waals surface area contributed by atoms with Gasteiger partial charge in [0, 0.05) is 24.5 Å². The van der Waals surface area contributed by atoms with Crippen LogP contribution in [0.3, 0.4) is 0 Å². The normalized spacial score (nSPS) is 15.8. The van der Waals surface area contributed by atoms with Crippen LogP contribution in [0, 0.1) is 5.41 Å². The molecular weight excluding hydrogens is 316 g/mol. The monoisotopic (exact) mass is 346 g/mol. The van der Waals surface area contributed by atoms with Crippen LogP contribution in [0.15, 0.2) is 24.3 Å². The lowest BCUT2D eigenvalue weighted by Crippen LogP contribution is -2.49. The van der Waals surface area contributed by atoms with Crippen LogP contribution in [0.5, 0.6) is 5.75 Å². The summed E-state index contributed by atoms with van der Waals surface area (Å²) < 4.78 is 5.42. The molecule has 1 aliphatic rings. The van der Waals surface area contributed by atoms with E-state index in [9.17, 15) is 9.59 Å². The molecule has 0 aliphatic carbocycles. The summed E-state index contributed by atoms with van der Waals surface area (Å²) in [6.45, 7) is 9.73. The highest BCUT2D eigenvalue weighted by molar-refractivity contribution is 5.82. The number of carbonyl (C=O) groups is 2. The highest BCUT2D eigenvalue weighted by atomic mass is 16.5. The summed E-state index contributed by atoms with van der Waals surface area (Å²) in [5, 5.41) is 3.10. The van der Waals surface area contributed by atoms with Crippen LogP contribution in [0.25, 0.3) is 0 Å². The lowest BCUT2D eigenvalue weighted by atomic mass is 9.94. The van der Waals surface area contributed by atoms with Crippen molar-refractivity contribution in [2.45, 2.75) is 53.0 Å². The molecule has 0 aromatic heterocycles. The molecule has 1 N–H and O–H groups in total. The summed E-state index contributed by atoms with van der Waals surface area (Å²) in [5.41, 5.74) is 0.622. The van der Waals surface area contributed by atoms with E-state index >= 15 is 0 Å². The Bertz CT molecular complexity index is 582. The maximum Gasteiger partial charge on any atom is 0.226 e. The van der Waals surface area contributed by atoms with Crippen molar-refractivity contribution in [3.05, 3.63) is 29.8 Å². The van der Waals surface area contributed by atoms with E-state index in [4.69, 9.17) is 4.74 Å². The standard InChI is InChI=1S/C20H30N2O3/c1-5-25-17-8-6-15(7-9-17)14-18(23)22-12-10-16(11-13-22)21-19(24)20(2,3)4/h6-9,16H,5,10-14H2,1-4H3,(H,21,24). The maximum atomic E-state index is 12.5. The third-order valence-electron chi connectivity index (χ3n) is 4.45. The average Bonchev–Trinajstić information content (AvgIpc) is 2.56. The van der Waals surface area contributed by atoms with Gasteiger partial charge in [0.1, 0.15) is 5.75 Å². The minimum Gasteiger partial charge on any atom is -0.494 e. The molecule has 1 heterocycles. The second-order valence-electron chi connectivity index (χ2n) is 7.63. The van der Waals surface area contributed by atoms with E-state index in [1.165, 1.54) is 0 Å². The fourth-order valence-electron chi connectivity index (χ4n) is 2.83. The van der Waals surface area contributed by atoms with Gasteiger partial charge in [-0.15, -0.1) is 0 Å². The molecule has 2 amide bonds.